The topological polar surface area (TPSA) is 44.4 Å². The van der Waals surface area contributed by atoms with Crippen LogP contribution in [0.15, 0.2) is 0 Å². The van der Waals surface area contributed by atoms with Crippen LogP contribution in [0.1, 0.15) is 33.1 Å². The first kappa shape index (κ1) is 12.4. The fourth-order valence-corrected chi connectivity index (χ4v) is 3.74. The summed E-state index contributed by atoms with van der Waals surface area (Å²) < 4.78 is 0. The molecule has 18 heavy (non-hydrogen) atoms. The van der Waals surface area contributed by atoms with Crippen LogP contribution >= 0.6 is 0 Å². The third kappa shape index (κ3) is 2.16. The lowest BCUT2D eigenvalue weighted by Crippen LogP contribution is -2.49. The van der Waals surface area contributed by atoms with Crippen LogP contribution in [0.5, 0.6) is 0 Å². The van der Waals surface area contributed by atoms with Gasteiger partial charge in [-0.3, -0.25) is 9.69 Å². The molecule has 0 aromatic rings. The Morgan fingerprint density at radius 2 is 2.22 bits per heavy atom. The molecule has 0 spiro atoms. The monoisotopic (exact) mass is 251 g/mol. The van der Waals surface area contributed by atoms with Gasteiger partial charge in [-0.25, -0.2) is 0 Å². The van der Waals surface area contributed by atoms with E-state index in [1.165, 1.54) is 12.8 Å². The van der Waals surface area contributed by atoms with Crippen molar-refractivity contribution in [3.63, 3.8) is 0 Å². The van der Waals surface area contributed by atoms with Crippen LogP contribution in [0.25, 0.3) is 0 Å². The molecule has 3 rings (SSSR count). The summed E-state index contributed by atoms with van der Waals surface area (Å²) >= 11 is 0. The highest BCUT2D eigenvalue weighted by Gasteiger charge is 2.46. The first-order chi connectivity index (χ1) is 8.70. The molecule has 4 unspecified atom stereocenters. The van der Waals surface area contributed by atoms with E-state index in [9.17, 15) is 4.79 Å². The Labute approximate surface area is 109 Å². The quantitative estimate of drug-likeness (QED) is 0.768. The highest BCUT2D eigenvalue weighted by Crippen LogP contribution is 2.35. The van der Waals surface area contributed by atoms with E-state index in [0.29, 0.717) is 12.1 Å². The first-order valence-corrected chi connectivity index (χ1v) is 7.47. The minimum atomic E-state index is 0.0427. The second-order valence-corrected chi connectivity index (χ2v) is 6.21. The molecule has 2 N–H and O–H groups in total. The number of hydrogen-bond acceptors (Lipinski definition) is 3. The van der Waals surface area contributed by atoms with E-state index < -0.39 is 0 Å². The van der Waals surface area contributed by atoms with Crippen LogP contribution in [0, 0.1) is 11.8 Å². The molecule has 102 valence electrons. The maximum atomic E-state index is 12.2. The summed E-state index contributed by atoms with van der Waals surface area (Å²) in [6.45, 7) is 7.69. The first-order valence-electron chi connectivity index (χ1n) is 7.47. The number of nitrogens with zero attached hydrogens (tertiary/aromatic N) is 1. The van der Waals surface area contributed by atoms with E-state index in [1.807, 2.05) is 0 Å². The van der Waals surface area contributed by atoms with Crippen molar-refractivity contribution in [2.45, 2.75) is 51.2 Å². The van der Waals surface area contributed by atoms with E-state index in [2.05, 4.69) is 29.4 Å². The van der Waals surface area contributed by atoms with Gasteiger partial charge >= 0.3 is 0 Å². The summed E-state index contributed by atoms with van der Waals surface area (Å²) in [5, 5.41) is 6.64. The zero-order valence-corrected chi connectivity index (χ0v) is 11.5. The van der Waals surface area contributed by atoms with E-state index >= 15 is 0 Å². The van der Waals surface area contributed by atoms with Gasteiger partial charge in [0.2, 0.25) is 5.91 Å². The van der Waals surface area contributed by atoms with Gasteiger partial charge in [0.05, 0.1) is 6.04 Å². The van der Waals surface area contributed by atoms with Crippen molar-refractivity contribution in [2.24, 2.45) is 11.8 Å². The van der Waals surface area contributed by atoms with Crippen LogP contribution < -0.4 is 10.6 Å². The number of carbonyl (C=O) groups excluding carboxylic acids is 1. The van der Waals surface area contributed by atoms with Crippen molar-refractivity contribution in [1.82, 2.24) is 15.5 Å². The minimum Gasteiger partial charge on any atom is -0.352 e. The second-order valence-electron chi connectivity index (χ2n) is 6.21. The van der Waals surface area contributed by atoms with Crippen LogP contribution in [0.3, 0.4) is 0 Å². The van der Waals surface area contributed by atoms with Crippen LogP contribution in [-0.4, -0.2) is 48.6 Å². The Balaban J connectivity index is 1.65. The maximum Gasteiger partial charge on any atom is 0.237 e. The van der Waals surface area contributed by atoms with Gasteiger partial charge in [-0.15, -0.1) is 0 Å². The SMILES string of the molecule is CCC1C2CNCC2CN1C(C)C(=O)NC1CC1. The van der Waals surface area contributed by atoms with Gasteiger partial charge in [-0.2, -0.15) is 0 Å². The lowest BCUT2D eigenvalue weighted by molar-refractivity contribution is -0.126. The van der Waals surface area contributed by atoms with E-state index in [0.717, 1.165) is 37.9 Å². The average Bonchev–Trinajstić information content (AvgIpc) is 2.93. The van der Waals surface area contributed by atoms with Gasteiger partial charge in [0, 0.05) is 18.6 Å². The molecule has 4 heteroatoms. The third-order valence-corrected chi connectivity index (χ3v) is 4.98. The molecule has 2 aliphatic heterocycles. The summed E-state index contributed by atoms with van der Waals surface area (Å²) in [5.74, 6) is 1.75. The highest BCUT2D eigenvalue weighted by atomic mass is 16.2. The number of nitrogens with one attached hydrogen (secondary N) is 2. The summed E-state index contributed by atoms with van der Waals surface area (Å²) in [6.07, 6.45) is 3.50. The Kier molecular flexibility index (Phi) is 3.32. The lowest BCUT2D eigenvalue weighted by Gasteiger charge is -2.31. The molecular weight excluding hydrogens is 226 g/mol. The van der Waals surface area contributed by atoms with E-state index in [4.69, 9.17) is 0 Å². The lowest BCUT2D eigenvalue weighted by atomic mass is 9.92. The molecule has 0 bridgehead atoms. The Morgan fingerprint density at radius 1 is 1.44 bits per heavy atom. The van der Waals surface area contributed by atoms with Gasteiger partial charge in [-0.1, -0.05) is 6.92 Å². The number of hydrogen-bond donors (Lipinski definition) is 2. The van der Waals surface area contributed by atoms with Gasteiger partial charge < -0.3 is 10.6 Å². The van der Waals surface area contributed by atoms with Crippen LogP contribution in [0.2, 0.25) is 0 Å². The Morgan fingerprint density at radius 3 is 2.89 bits per heavy atom. The van der Waals surface area contributed by atoms with Gasteiger partial charge in [0.1, 0.15) is 0 Å². The van der Waals surface area contributed by atoms with Gasteiger partial charge in [-0.05, 0) is 51.1 Å². The predicted octanol–water partition coefficient (Wildman–Crippen LogP) is 0.583. The Hall–Kier alpha value is -0.610. The molecule has 0 aromatic heterocycles. The maximum absolute atomic E-state index is 12.2. The third-order valence-electron chi connectivity index (χ3n) is 4.98. The zero-order chi connectivity index (χ0) is 12.7. The Bertz CT molecular complexity index is 329. The van der Waals surface area contributed by atoms with Crippen molar-refractivity contribution in [2.75, 3.05) is 19.6 Å². The normalized spacial score (nSPS) is 37.6. The van der Waals surface area contributed by atoms with Crippen LogP contribution in [-0.2, 0) is 4.79 Å². The average molecular weight is 251 g/mol. The van der Waals surface area contributed by atoms with E-state index in [-0.39, 0.29) is 11.9 Å². The number of carbonyl (C=O) groups is 1. The molecule has 3 aliphatic rings. The summed E-state index contributed by atoms with van der Waals surface area (Å²) in [6, 6.07) is 1.11. The van der Waals surface area contributed by atoms with Crippen molar-refractivity contribution < 1.29 is 4.79 Å². The summed E-state index contributed by atoms with van der Waals surface area (Å²) in [7, 11) is 0. The largest absolute Gasteiger partial charge is 0.352 e. The van der Waals surface area contributed by atoms with Crippen molar-refractivity contribution in [3.05, 3.63) is 0 Å². The second kappa shape index (κ2) is 4.82. The molecular formula is C14H25N3O. The standard InChI is InChI=1S/C14H25N3O/c1-3-13-12-7-15-6-10(12)8-17(13)9(2)14(18)16-11-4-5-11/h9-13,15H,3-8H2,1-2H3,(H,16,18). The highest BCUT2D eigenvalue weighted by molar-refractivity contribution is 5.82. The molecule has 2 saturated heterocycles. The van der Waals surface area contributed by atoms with E-state index in [1.54, 1.807) is 0 Å². The molecule has 4 nitrogen and oxygen atoms in total. The summed E-state index contributed by atoms with van der Waals surface area (Å²) in [4.78, 5) is 14.6. The molecule has 1 saturated carbocycles. The van der Waals surface area contributed by atoms with Crippen molar-refractivity contribution in [3.8, 4) is 0 Å². The minimum absolute atomic E-state index is 0.0427. The number of rotatable bonds is 4. The van der Waals surface area contributed by atoms with Crippen molar-refractivity contribution >= 4 is 5.91 Å². The van der Waals surface area contributed by atoms with Crippen molar-refractivity contribution in [1.29, 1.82) is 0 Å². The molecule has 0 aromatic carbocycles. The molecule has 2 heterocycles. The molecule has 1 aliphatic carbocycles. The fourth-order valence-electron chi connectivity index (χ4n) is 3.74. The molecule has 1 amide bonds. The molecule has 0 radical (unpaired) electrons. The number of likely N-dealkylation sites (tertiary alicyclic amines) is 1. The van der Waals surface area contributed by atoms with Gasteiger partial charge in [0.25, 0.3) is 0 Å². The summed E-state index contributed by atoms with van der Waals surface area (Å²) in [5.41, 5.74) is 0. The number of amides is 1. The zero-order valence-electron chi connectivity index (χ0n) is 11.5. The smallest absolute Gasteiger partial charge is 0.237 e. The predicted molar refractivity (Wildman–Crippen MR) is 71.3 cm³/mol. The molecule has 4 atom stereocenters. The van der Waals surface area contributed by atoms with Gasteiger partial charge in [0.15, 0.2) is 0 Å². The fraction of sp³-hybridized carbons (Fsp3) is 0.929. The molecule has 3 fully saturated rings. The van der Waals surface area contributed by atoms with Crippen LogP contribution in [0.4, 0.5) is 0 Å². The number of fused-ring (bicyclic) bond motifs is 1.